The zero-order valence-electron chi connectivity index (χ0n) is 11.4. The van der Waals surface area contributed by atoms with E-state index in [-0.39, 0.29) is 27.7 Å². The summed E-state index contributed by atoms with van der Waals surface area (Å²) in [7, 11) is 1.13. The van der Waals surface area contributed by atoms with E-state index in [9.17, 15) is 14.0 Å². The molecule has 2 aromatic rings. The molecule has 0 bridgehead atoms. The summed E-state index contributed by atoms with van der Waals surface area (Å²) >= 11 is 5.77. The molecule has 0 aliphatic carbocycles. The Balaban J connectivity index is 2.28. The number of carbonyl (C=O) groups excluding carboxylic acids is 2. The number of hydrogen-bond donors (Lipinski definition) is 2. The van der Waals surface area contributed by atoms with E-state index < -0.39 is 17.7 Å². The molecular formula is C14H11ClFN3O3. The highest BCUT2D eigenvalue weighted by molar-refractivity contribution is 6.33. The number of esters is 1. The Morgan fingerprint density at radius 3 is 2.77 bits per heavy atom. The average Bonchev–Trinajstić information content (AvgIpc) is 2.51. The summed E-state index contributed by atoms with van der Waals surface area (Å²) in [4.78, 5) is 27.2. The first-order valence-electron chi connectivity index (χ1n) is 6.03. The Labute approximate surface area is 130 Å². The molecule has 0 unspecified atom stereocenters. The van der Waals surface area contributed by atoms with Gasteiger partial charge in [-0.15, -0.1) is 0 Å². The fourth-order valence-electron chi connectivity index (χ4n) is 1.66. The van der Waals surface area contributed by atoms with E-state index in [4.69, 9.17) is 17.3 Å². The fraction of sp³-hybridized carbons (Fsp3) is 0.0714. The largest absolute Gasteiger partial charge is 0.465 e. The minimum Gasteiger partial charge on any atom is -0.465 e. The van der Waals surface area contributed by atoms with Gasteiger partial charge in [0.25, 0.3) is 5.91 Å². The predicted molar refractivity (Wildman–Crippen MR) is 79.4 cm³/mol. The van der Waals surface area contributed by atoms with Crippen LogP contribution in [0.15, 0.2) is 30.5 Å². The summed E-state index contributed by atoms with van der Waals surface area (Å²) in [6.07, 6.45) is 1.21. The Bertz CT molecular complexity index is 752. The summed E-state index contributed by atoms with van der Waals surface area (Å²) in [5, 5.41) is 2.44. The number of pyridine rings is 1. The van der Waals surface area contributed by atoms with Crippen LogP contribution in [0.5, 0.6) is 0 Å². The second-order valence-corrected chi connectivity index (χ2v) is 4.61. The summed E-state index contributed by atoms with van der Waals surface area (Å²) in [5.41, 5.74) is 5.10. The first-order chi connectivity index (χ1) is 10.4. The first kappa shape index (κ1) is 15.7. The highest BCUT2D eigenvalue weighted by Crippen LogP contribution is 2.21. The quantitative estimate of drug-likeness (QED) is 0.846. The molecule has 114 valence electrons. The monoisotopic (exact) mass is 323 g/mol. The normalized spacial score (nSPS) is 10.1. The lowest BCUT2D eigenvalue weighted by molar-refractivity contribution is 0.0595. The van der Waals surface area contributed by atoms with Crippen LogP contribution in [0.1, 0.15) is 20.7 Å². The van der Waals surface area contributed by atoms with E-state index >= 15 is 0 Å². The van der Waals surface area contributed by atoms with Crippen molar-refractivity contribution in [3.05, 3.63) is 52.4 Å². The van der Waals surface area contributed by atoms with Crippen molar-refractivity contribution >= 4 is 35.0 Å². The number of nitrogens with zero attached hydrogens (tertiary/aromatic N) is 1. The number of benzene rings is 1. The summed E-state index contributed by atoms with van der Waals surface area (Å²) in [6, 6.07) is 5.28. The topological polar surface area (TPSA) is 94.3 Å². The van der Waals surface area contributed by atoms with Gasteiger partial charge in [-0.25, -0.2) is 14.2 Å². The minimum absolute atomic E-state index is 0.0806. The lowest BCUT2D eigenvalue weighted by atomic mass is 10.1. The van der Waals surface area contributed by atoms with Crippen LogP contribution < -0.4 is 11.1 Å². The standard InChI is InChI=1S/C14H11ClFN3O3/c1-22-14(21)8-3-2-4-10(11(8)16)19-13(20)7-5-9(15)12(17)18-6-7/h2-6H,1H3,(H2,17,18)(H,19,20). The molecule has 1 aromatic carbocycles. The Kier molecular flexibility index (Phi) is 4.57. The third kappa shape index (κ3) is 3.15. The molecule has 8 heteroatoms. The van der Waals surface area contributed by atoms with Gasteiger partial charge >= 0.3 is 5.97 Å². The van der Waals surface area contributed by atoms with Gasteiger partial charge in [-0.2, -0.15) is 0 Å². The number of carbonyl (C=O) groups is 2. The molecule has 22 heavy (non-hydrogen) atoms. The first-order valence-corrected chi connectivity index (χ1v) is 6.41. The second-order valence-electron chi connectivity index (χ2n) is 4.20. The summed E-state index contributed by atoms with van der Waals surface area (Å²) in [5.74, 6) is -2.30. The van der Waals surface area contributed by atoms with Gasteiger partial charge in [0.1, 0.15) is 5.82 Å². The molecule has 0 atom stereocenters. The van der Waals surface area contributed by atoms with Crippen molar-refractivity contribution in [1.29, 1.82) is 0 Å². The smallest absolute Gasteiger partial charge is 0.340 e. The molecule has 6 nitrogen and oxygen atoms in total. The van der Waals surface area contributed by atoms with Crippen LogP contribution in [0.3, 0.4) is 0 Å². The van der Waals surface area contributed by atoms with Crippen molar-refractivity contribution in [3.63, 3.8) is 0 Å². The van der Waals surface area contributed by atoms with Crippen molar-refractivity contribution < 1.29 is 18.7 Å². The third-order valence-electron chi connectivity index (χ3n) is 2.78. The predicted octanol–water partition coefficient (Wildman–Crippen LogP) is 2.50. The number of aromatic nitrogens is 1. The van der Waals surface area contributed by atoms with Crippen molar-refractivity contribution in [1.82, 2.24) is 4.98 Å². The van der Waals surface area contributed by atoms with E-state index in [0.29, 0.717) is 0 Å². The van der Waals surface area contributed by atoms with Crippen LogP contribution in [0.4, 0.5) is 15.9 Å². The summed E-state index contributed by atoms with van der Waals surface area (Å²) < 4.78 is 18.6. The Morgan fingerprint density at radius 2 is 2.14 bits per heavy atom. The lowest BCUT2D eigenvalue weighted by Crippen LogP contribution is -2.15. The zero-order valence-corrected chi connectivity index (χ0v) is 12.1. The number of hydrogen-bond acceptors (Lipinski definition) is 5. The van der Waals surface area contributed by atoms with Crippen molar-refractivity contribution in [2.75, 3.05) is 18.2 Å². The average molecular weight is 324 g/mol. The molecule has 0 saturated heterocycles. The number of ether oxygens (including phenoxy) is 1. The highest BCUT2D eigenvalue weighted by atomic mass is 35.5. The SMILES string of the molecule is COC(=O)c1cccc(NC(=O)c2cnc(N)c(Cl)c2)c1F. The molecule has 0 radical (unpaired) electrons. The zero-order chi connectivity index (χ0) is 16.3. The minimum atomic E-state index is -0.891. The highest BCUT2D eigenvalue weighted by Gasteiger charge is 2.17. The van der Waals surface area contributed by atoms with Crippen LogP contribution >= 0.6 is 11.6 Å². The van der Waals surface area contributed by atoms with Gasteiger partial charge in [0.15, 0.2) is 5.82 Å². The Hall–Kier alpha value is -2.67. The molecule has 0 spiro atoms. The second kappa shape index (κ2) is 6.40. The van der Waals surface area contributed by atoms with Gasteiger partial charge < -0.3 is 15.8 Å². The number of methoxy groups -OCH3 is 1. The van der Waals surface area contributed by atoms with Crippen LogP contribution in [0.25, 0.3) is 0 Å². The van der Waals surface area contributed by atoms with E-state index in [1.807, 2.05) is 0 Å². The van der Waals surface area contributed by atoms with E-state index in [0.717, 1.165) is 7.11 Å². The summed E-state index contributed by atoms with van der Waals surface area (Å²) in [6.45, 7) is 0. The van der Waals surface area contributed by atoms with Crippen LogP contribution in [-0.2, 0) is 4.74 Å². The molecule has 0 saturated carbocycles. The van der Waals surface area contributed by atoms with Crippen molar-refractivity contribution in [2.45, 2.75) is 0 Å². The van der Waals surface area contributed by atoms with Gasteiger partial charge in [0, 0.05) is 6.20 Å². The lowest BCUT2D eigenvalue weighted by Gasteiger charge is -2.09. The molecular weight excluding hydrogens is 313 g/mol. The maximum Gasteiger partial charge on any atom is 0.340 e. The number of anilines is 2. The van der Waals surface area contributed by atoms with Gasteiger partial charge in [0.2, 0.25) is 0 Å². The number of rotatable bonds is 3. The van der Waals surface area contributed by atoms with Crippen molar-refractivity contribution in [2.24, 2.45) is 0 Å². The number of nitrogens with two attached hydrogens (primary N) is 1. The van der Waals surface area contributed by atoms with Crippen LogP contribution in [0.2, 0.25) is 5.02 Å². The molecule has 1 aromatic heterocycles. The maximum absolute atomic E-state index is 14.2. The molecule has 3 N–H and O–H groups in total. The molecule has 1 heterocycles. The van der Waals surface area contributed by atoms with Crippen molar-refractivity contribution in [3.8, 4) is 0 Å². The number of nitrogens with one attached hydrogen (secondary N) is 1. The van der Waals surface area contributed by atoms with E-state index in [1.165, 1.54) is 30.5 Å². The van der Waals surface area contributed by atoms with Gasteiger partial charge in [-0.05, 0) is 18.2 Å². The molecule has 0 fully saturated rings. The van der Waals surface area contributed by atoms with E-state index in [1.54, 1.807) is 0 Å². The van der Waals surface area contributed by atoms with Crippen LogP contribution in [0, 0.1) is 5.82 Å². The maximum atomic E-state index is 14.2. The number of amides is 1. The molecule has 0 aliphatic heterocycles. The molecule has 2 rings (SSSR count). The fourth-order valence-corrected chi connectivity index (χ4v) is 1.83. The third-order valence-corrected chi connectivity index (χ3v) is 3.09. The van der Waals surface area contributed by atoms with Gasteiger partial charge in [0.05, 0.1) is 28.9 Å². The number of halogens is 2. The van der Waals surface area contributed by atoms with Gasteiger partial charge in [-0.3, -0.25) is 4.79 Å². The van der Waals surface area contributed by atoms with Crippen LogP contribution in [-0.4, -0.2) is 24.0 Å². The van der Waals surface area contributed by atoms with E-state index in [2.05, 4.69) is 15.0 Å². The number of nitrogen functional groups attached to an aromatic ring is 1. The molecule has 1 amide bonds. The Morgan fingerprint density at radius 1 is 1.41 bits per heavy atom. The molecule has 0 aliphatic rings. The van der Waals surface area contributed by atoms with Gasteiger partial charge in [-0.1, -0.05) is 17.7 Å².